The molecule has 0 saturated heterocycles. The molecule has 10 heteroatoms. The minimum Gasteiger partial charge on any atom is -0.490 e. The third-order valence-electron chi connectivity index (χ3n) is 7.54. The molecule has 6 rings (SSSR count). The number of nitriles is 1. The summed E-state index contributed by atoms with van der Waals surface area (Å²) < 4.78 is 12.6. The molecule has 0 bridgehead atoms. The van der Waals surface area contributed by atoms with E-state index in [1.165, 1.54) is 33.9 Å². The van der Waals surface area contributed by atoms with Crippen molar-refractivity contribution >= 4 is 60.8 Å². The lowest BCUT2D eigenvalue weighted by atomic mass is 9.99. The van der Waals surface area contributed by atoms with Crippen LogP contribution in [0, 0.1) is 11.3 Å². The average molecular weight is 598 g/mol. The number of carbonyl (C=O) groups is 1. The van der Waals surface area contributed by atoms with E-state index in [1.807, 2.05) is 30.3 Å². The molecule has 0 radical (unpaired) electrons. The van der Waals surface area contributed by atoms with Crippen molar-refractivity contribution in [3.8, 4) is 17.6 Å². The predicted molar refractivity (Wildman–Crippen MR) is 168 cm³/mol. The molecule has 4 aromatic rings. The van der Waals surface area contributed by atoms with Gasteiger partial charge in [0, 0.05) is 24.2 Å². The number of aromatic nitrogens is 1. The molecule has 0 fully saturated rings. The zero-order chi connectivity index (χ0) is 29.1. The molecule has 42 heavy (non-hydrogen) atoms. The largest absolute Gasteiger partial charge is 0.490 e. The maximum absolute atomic E-state index is 12.8. The number of nitrogens with zero attached hydrogens (tertiary/aromatic N) is 5. The molecule has 0 spiro atoms. The third-order valence-corrected chi connectivity index (χ3v) is 9.53. The van der Waals surface area contributed by atoms with E-state index in [2.05, 4.69) is 46.2 Å². The quantitative estimate of drug-likeness (QED) is 0.0663. The predicted octanol–water partition coefficient (Wildman–Crippen LogP) is 8.55. The Morgan fingerprint density at radius 2 is 2.10 bits per heavy atom. The topological polar surface area (TPSA) is 100 Å². The van der Waals surface area contributed by atoms with Crippen LogP contribution in [0.25, 0.3) is 15.6 Å². The summed E-state index contributed by atoms with van der Waals surface area (Å²) >= 11 is 2.81. The van der Waals surface area contributed by atoms with Crippen molar-refractivity contribution < 1.29 is 14.3 Å². The number of carbonyl (C=O) groups excluding carboxylic acids is 1. The van der Waals surface area contributed by atoms with Crippen molar-refractivity contribution in [1.82, 2.24) is 4.98 Å². The fourth-order valence-electron chi connectivity index (χ4n) is 5.35. The van der Waals surface area contributed by atoms with Gasteiger partial charge in [0.1, 0.15) is 28.0 Å². The molecule has 2 aliphatic rings. The van der Waals surface area contributed by atoms with Crippen LogP contribution in [0.2, 0.25) is 0 Å². The van der Waals surface area contributed by atoms with Gasteiger partial charge >= 0.3 is 5.97 Å². The first kappa shape index (κ1) is 28.1. The van der Waals surface area contributed by atoms with Crippen LogP contribution < -0.4 is 14.4 Å². The van der Waals surface area contributed by atoms with E-state index < -0.39 is 5.97 Å². The Morgan fingerprint density at radius 1 is 1.19 bits per heavy atom. The first-order valence-corrected chi connectivity index (χ1v) is 15.9. The van der Waals surface area contributed by atoms with E-state index in [9.17, 15) is 10.1 Å². The van der Waals surface area contributed by atoms with E-state index in [1.54, 1.807) is 12.1 Å². The third kappa shape index (κ3) is 6.22. The molecular formula is C32H31N5O3S2. The number of hydrogen-bond acceptors (Lipinski definition) is 10. The van der Waals surface area contributed by atoms with Gasteiger partial charge < -0.3 is 14.4 Å². The van der Waals surface area contributed by atoms with Crippen LogP contribution in [-0.4, -0.2) is 30.6 Å². The normalized spacial score (nSPS) is 16.6. The SMILES string of the molecule is CCCCC1CCc2cc(OC(=O)/C(C#N)=C/c3cc4sc(N=Nc5ccc6c(c5)CCCN6C)nc4s3)ccc2O1. The molecule has 2 aromatic carbocycles. The number of benzene rings is 2. The van der Waals surface area contributed by atoms with Crippen LogP contribution >= 0.6 is 22.7 Å². The average Bonchev–Trinajstić information content (AvgIpc) is 3.56. The summed E-state index contributed by atoms with van der Waals surface area (Å²) in [4.78, 5) is 21.2. The number of esters is 1. The highest BCUT2D eigenvalue weighted by Crippen LogP contribution is 2.37. The van der Waals surface area contributed by atoms with Gasteiger partial charge in [-0.15, -0.1) is 21.6 Å². The van der Waals surface area contributed by atoms with Crippen LogP contribution in [0.15, 0.2) is 58.3 Å². The number of azo groups is 1. The summed E-state index contributed by atoms with van der Waals surface area (Å²) in [6.07, 6.45) is 9.15. The number of thiazole rings is 1. The zero-order valence-corrected chi connectivity index (χ0v) is 25.3. The Kier molecular flexibility index (Phi) is 8.31. The molecule has 0 amide bonds. The second-order valence-corrected chi connectivity index (χ2v) is 12.7. The van der Waals surface area contributed by atoms with Crippen molar-refractivity contribution in [3.05, 3.63) is 64.0 Å². The van der Waals surface area contributed by atoms with Crippen LogP contribution in [0.5, 0.6) is 11.5 Å². The number of anilines is 1. The van der Waals surface area contributed by atoms with E-state index in [-0.39, 0.29) is 11.7 Å². The fraction of sp³-hybridized carbons (Fsp3) is 0.344. The number of thiophene rings is 1. The molecule has 1 atom stereocenters. The molecule has 2 aliphatic heterocycles. The van der Waals surface area contributed by atoms with Gasteiger partial charge in [0.25, 0.3) is 0 Å². The fourth-order valence-corrected chi connectivity index (χ4v) is 7.34. The van der Waals surface area contributed by atoms with E-state index in [4.69, 9.17) is 9.47 Å². The minimum absolute atomic E-state index is 0.0736. The van der Waals surface area contributed by atoms with Gasteiger partial charge in [0.05, 0.1) is 16.5 Å². The Bertz CT molecular complexity index is 1700. The van der Waals surface area contributed by atoms with Crippen LogP contribution in [-0.2, 0) is 17.6 Å². The standard InChI is InChI=1S/C32H31N5O3S2/c1-3-4-7-24-10-8-21-16-25(11-13-28(21)39-24)40-31(38)22(19-33)17-26-18-29-30(41-26)34-32(42-29)36-35-23-9-12-27-20(15-23)6-5-14-37(27)2/h9,11-13,15-18,24H,3-8,10,14H2,1-2H3/b22-17+,36-35?. The smallest absolute Gasteiger partial charge is 0.354 e. The van der Waals surface area contributed by atoms with Crippen LogP contribution in [0.3, 0.4) is 0 Å². The molecule has 0 saturated carbocycles. The summed E-state index contributed by atoms with van der Waals surface area (Å²) in [7, 11) is 2.11. The summed E-state index contributed by atoms with van der Waals surface area (Å²) in [6.45, 7) is 3.25. The maximum atomic E-state index is 12.8. The van der Waals surface area contributed by atoms with Gasteiger partial charge in [-0.05, 0) is 91.8 Å². The Hall–Kier alpha value is -4.07. The van der Waals surface area contributed by atoms with Gasteiger partial charge in [-0.2, -0.15) is 5.26 Å². The number of rotatable bonds is 8. The number of unbranched alkanes of at least 4 members (excludes halogenated alkanes) is 1. The van der Waals surface area contributed by atoms with Gasteiger partial charge in [-0.25, -0.2) is 9.78 Å². The lowest BCUT2D eigenvalue weighted by Gasteiger charge is -2.27. The van der Waals surface area contributed by atoms with E-state index in [0.29, 0.717) is 10.9 Å². The molecule has 1 unspecified atom stereocenters. The first-order valence-electron chi connectivity index (χ1n) is 14.3. The number of hydrogen-bond donors (Lipinski definition) is 0. The first-order chi connectivity index (χ1) is 20.5. The van der Waals surface area contributed by atoms with E-state index in [0.717, 1.165) is 82.9 Å². The van der Waals surface area contributed by atoms with E-state index >= 15 is 0 Å². The Labute approximate surface area is 252 Å². The molecule has 8 nitrogen and oxygen atoms in total. The summed E-state index contributed by atoms with van der Waals surface area (Å²) in [5.41, 5.74) is 4.30. The molecule has 2 aromatic heterocycles. The molecule has 4 heterocycles. The van der Waals surface area contributed by atoms with Crippen molar-refractivity contribution in [1.29, 1.82) is 5.26 Å². The summed E-state index contributed by atoms with van der Waals surface area (Å²) in [5.74, 6) is 0.564. The highest BCUT2D eigenvalue weighted by molar-refractivity contribution is 7.29. The Balaban J connectivity index is 1.11. The van der Waals surface area contributed by atoms with Crippen molar-refractivity contribution in [2.45, 2.75) is 58.0 Å². The van der Waals surface area contributed by atoms with Crippen LogP contribution in [0.1, 0.15) is 55.0 Å². The lowest BCUT2D eigenvalue weighted by Crippen LogP contribution is -2.24. The van der Waals surface area contributed by atoms with Gasteiger partial charge in [-0.3, -0.25) is 0 Å². The number of fused-ring (bicyclic) bond motifs is 3. The monoisotopic (exact) mass is 597 g/mol. The number of ether oxygens (including phenoxy) is 2. The summed E-state index contributed by atoms with van der Waals surface area (Å²) in [6, 6.07) is 15.5. The molecular weight excluding hydrogens is 567 g/mol. The van der Waals surface area contributed by atoms with Gasteiger partial charge in [-0.1, -0.05) is 31.1 Å². The molecule has 0 N–H and O–H groups in total. The minimum atomic E-state index is -0.689. The van der Waals surface area contributed by atoms with Crippen molar-refractivity contribution in [2.24, 2.45) is 10.2 Å². The zero-order valence-electron chi connectivity index (χ0n) is 23.6. The number of aryl methyl sites for hydroxylation is 2. The van der Waals surface area contributed by atoms with Gasteiger partial charge in [0.2, 0.25) is 5.13 Å². The van der Waals surface area contributed by atoms with Crippen LogP contribution in [0.4, 0.5) is 16.5 Å². The second kappa shape index (κ2) is 12.4. The molecule has 0 aliphatic carbocycles. The highest BCUT2D eigenvalue weighted by atomic mass is 32.1. The van der Waals surface area contributed by atoms with Crippen molar-refractivity contribution in [3.63, 3.8) is 0 Å². The van der Waals surface area contributed by atoms with Crippen molar-refractivity contribution in [2.75, 3.05) is 18.5 Å². The second-order valence-electron chi connectivity index (χ2n) is 10.6. The summed E-state index contributed by atoms with van der Waals surface area (Å²) in [5, 5.41) is 19.0. The molecule has 214 valence electrons. The van der Waals surface area contributed by atoms with Gasteiger partial charge in [0.15, 0.2) is 0 Å². The lowest BCUT2D eigenvalue weighted by molar-refractivity contribution is -0.129. The maximum Gasteiger partial charge on any atom is 0.354 e. The Morgan fingerprint density at radius 3 is 2.93 bits per heavy atom. The highest BCUT2D eigenvalue weighted by Gasteiger charge is 2.21.